The molecular weight excluding hydrogens is 426 g/mol. The molecular formula is C24H42N3O6+. The predicted octanol–water partition coefficient (Wildman–Crippen LogP) is 2.17. The molecule has 0 bridgehead atoms. The van der Waals surface area contributed by atoms with E-state index in [4.69, 9.17) is 4.74 Å². The Balaban J connectivity index is 4.30. The van der Waals surface area contributed by atoms with Crippen molar-refractivity contribution in [2.45, 2.75) is 64.8 Å². The smallest absolute Gasteiger partial charge is 0.333 e. The molecule has 0 fully saturated rings. The number of aldehydes is 1. The van der Waals surface area contributed by atoms with Crippen LogP contribution in [0, 0.1) is 0 Å². The van der Waals surface area contributed by atoms with Crippen LogP contribution in [0.3, 0.4) is 0 Å². The van der Waals surface area contributed by atoms with Gasteiger partial charge in [0.2, 0.25) is 5.91 Å². The maximum Gasteiger partial charge on any atom is 0.333 e. The number of quaternary nitrogens is 1. The molecule has 9 heteroatoms. The van der Waals surface area contributed by atoms with Crippen LogP contribution >= 0.6 is 0 Å². The van der Waals surface area contributed by atoms with Crippen molar-refractivity contribution >= 4 is 24.1 Å². The number of rotatable bonds is 19. The first kappa shape index (κ1) is 30.3. The molecule has 0 aromatic rings. The van der Waals surface area contributed by atoms with Gasteiger partial charge in [0.15, 0.2) is 0 Å². The summed E-state index contributed by atoms with van der Waals surface area (Å²) >= 11 is 0. The van der Waals surface area contributed by atoms with Crippen LogP contribution in [-0.2, 0) is 23.9 Å². The number of ether oxygens (including phenoxy) is 1. The van der Waals surface area contributed by atoms with E-state index in [9.17, 15) is 24.3 Å². The molecule has 0 spiro atoms. The summed E-state index contributed by atoms with van der Waals surface area (Å²) < 4.78 is 5.55. The first-order valence-corrected chi connectivity index (χ1v) is 11.5. The van der Waals surface area contributed by atoms with Crippen LogP contribution in [0.25, 0.3) is 0 Å². The monoisotopic (exact) mass is 468 g/mol. The van der Waals surface area contributed by atoms with Gasteiger partial charge in [0.1, 0.15) is 6.29 Å². The normalized spacial score (nSPS) is 12.5. The van der Waals surface area contributed by atoms with Crippen molar-refractivity contribution in [3.63, 3.8) is 0 Å². The largest absolute Gasteiger partial charge is 0.481 e. The van der Waals surface area contributed by atoms with Crippen molar-refractivity contribution in [1.82, 2.24) is 10.6 Å². The van der Waals surface area contributed by atoms with Gasteiger partial charge in [-0.1, -0.05) is 6.58 Å². The highest BCUT2D eigenvalue weighted by molar-refractivity contribution is 5.92. The van der Waals surface area contributed by atoms with Gasteiger partial charge in [0.25, 0.3) is 0 Å². The van der Waals surface area contributed by atoms with E-state index >= 15 is 0 Å². The van der Waals surface area contributed by atoms with Crippen LogP contribution in [-0.4, -0.2) is 80.1 Å². The summed E-state index contributed by atoms with van der Waals surface area (Å²) in [6.45, 7) is 8.90. The van der Waals surface area contributed by atoms with Crippen LogP contribution in [0.1, 0.15) is 58.8 Å². The van der Waals surface area contributed by atoms with Crippen LogP contribution < -0.4 is 10.6 Å². The summed E-state index contributed by atoms with van der Waals surface area (Å²) in [5.74, 6) is -1.40. The second kappa shape index (κ2) is 16.9. The number of hydrogen-bond acceptors (Lipinski definition) is 6. The van der Waals surface area contributed by atoms with Crippen LogP contribution in [0.4, 0.5) is 0 Å². The van der Waals surface area contributed by atoms with Gasteiger partial charge in [-0.3, -0.25) is 9.59 Å². The number of carbonyl (C=O) groups is 4. The molecule has 3 N–H and O–H groups in total. The molecule has 0 saturated carbocycles. The molecule has 0 radical (unpaired) electrons. The molecule has 0 aliphatic heterocycles. The Bertz CT molecular complexity index is 688. The molecule has 0 aromatic heterocycles. The standard InChI is InChI=1S/C24H41N3O6/c1-19(2)24(32)33-16-10-12-25-18-20(3)23(31)26-13-9-14-27(4,5)21(17-22(29)30)11-7-6-8-15-28/h15,18,21H,1,6-14,16-17H2,2-5H3,(H2-,25,26,29,30,31)/p+1. The predicted molar refractivity (Wildman–Crippen MR) is 127 cm³/mol. The number of hydrogen-bond donors (Lipinski definition) is 3. The fourth-order valence-corrected chi connectivity index (χ4v) is 3.27. The van der Waals surface area contributed by atoms with Gasteiger partial charge < -0.3 is 29.8 Å². The SMILES string of the molecule is C=C(C)C(=O)OCCCNC=C(C)C(=O)NCCC[N+](C)(C)C(CCCCC=O)CC(=O)O. The lowest BCUT2D eigenvalue weighted by Crippen LogP contribution is -2.51. The van der Waals surface area contributed by atoms with Gasteiger partial charge in [-0.05, 0) is 33.1 Å². The highest BCUT2D eigenvalue weighted by Crippen LogP contribution is 2.18. The summed E-state index contributed by atoms with van der Waals surface area (Å²) in [7, 11) is 4.02. The van der Waals surface area contributed by atoms with E-state index in [1.165, 1.54) is 0 Å². The molecule has 9 nitrogen and oxygen atoms in total. The number of carboxylic acid groups (broad SMARTS) is 1. The van der Waals surface area contributed by atoms with Crippen molar-refractivity contribution in [3.8, 4) is 0 Å². The van der Waals surface area contributed by atoms with Crippen molar-refractivity contribution in [2.24, 2.45) is 0 Å². The van der Waals surface area contributed by atoms with Crippen molar-refractivity contribution in [3.05, 3.63) is 23.9 Å². The Morgan fingerprint density at radius 3 is 2.39 bits per heavy atom. The van der Waals surface area contributed by atoms with Gasteiger partial charge in [-0.2, -0.15) is 0 Å². The van der Waals surface area contributed by atoms with Crippen LogP contribution in [0.15, 0.2) is 23.9 Å². The number of carboxylic acids is 1. The molecule has 1 amide bonds. The third-order valence-electron chi connectivity index (χ3n) is 5.43. The topological polar surface area (TPSA) is 122 Å². The van der Waals surface area contributed by atoms with Gasteiger partial charge in [-0.25, -0.2) is 4.79 Å². The minimum atomic E-state index is -0.822. The number of nitrogens with one attached hydrogen (secondary N) is 2. The second-order valence-corrected chi connectivity index (χ2v) is 8.87. The Labute approximate surface area is 197 Å². The summed E-state index contributed by atoms with van der Waals surface area (Å²) in [6, 6.07) is -0.0367. The van der Waals surface area contributed by atoms with E-state index in [0.29, 0.717) is 41.6 Å². The number of carbonyl (C=O) groups excluding carboxylic acids is 3. The maximum atomic E-state index is 12.2. The molecule has 0 aliphatic rings. The number of esters is 1. The van der Waals surface area contributed by atoms with E-state index in [2.05, 4.69) is 17.2 Å². The minimum Gasteiger partial charge on any atom is -0.481 e. The van der Waals surface area contributed by atoms with Crippen molar-refractivity contribution in [2.75, 3.05) is 40.3 Å². The minimum absolute atomic E-state index is 0.0367. The number of amides is 1. The van der Waals surface area contributed by atoms with Gasteiger partial charge >= 0.3 is 11.9 Å². The first-order chi connectivity index (χ1) is 15.5. The lowest BCUT2D eigenvalue weighted by Gasteiger charge is -2.38. The molecule has 33 heavy (non-hydrogen) atoms. The summed E-state index contributed by atoms with van der Waals surface area (Å²) in [4.78, 5) is 45.3. The third-order valence-corrected chi connectivity index (χ3v) is 5.43. The summed E-state index contributed by atoms with van der Waals surface area (Å²) in [6.07, 6.45) is 6.79. The van der Waals surface area contributed by atoms with Crippen molar-refractivity contribution < 1.29 is 33.5 Å². The van der Waals surface area contributed by atoms with E-state index in [0.717, 1.165) is 38.5 Å². The Hall–Kier alpha value is -2.68. The highest BCUT2D eigenvalue weighted by atomic mass is 16.5. The first-order valence-electron chi connectivity index (χ1n) is 11.5. The zero-order chi connectivity index (χ0) is 25.3. The highest BCUT2D eigenvalue weighted by Gasteiger charge is 2.29. The van der Waals surface area contributed by atoms with E-state index in [1.807, 2.05) is 14.1 Å². The molecule has 0 aliphatic carbocycles. The van der Waals surface area contributed by atoms with E-state index < -0.39 is 11.9 Å². The van der Waals surface area contributed by atoms with Gasteiger partial charge in [0.05, 0.1) is 39.7 Å². The fourth-order valence-electron chi connectivity index (χ4n) is 3.27. The van der Waals surface area contributed by atoms with Gasteiger partial charge in [0, 0.05) is 49.7 Å². The number of aliphatic carboxylic acids is 1. The summed E-state index contributed by atoms with van der Waals surface area (Å²) in [5.41, 5.74) is 0.908. The van der Waals surface area contributed by atoms with Crippen LogP contribution in [0.2, 0.25) is 0 Å². The second-order valence-electron chi connectivity index (χ2n) is 8.87. The average Bonchev–Trinajstić information content (AvgIpc) is 2.74. The van der Waals surface area contributed by atoms with Crippen molar-refractivity contribution in [1.29, 1.82) is 0 Å². The third kappa shape index (κ3) is 14.9. The molecule has 188 valence electrons. The number of nitrogens with zero attached hydrogens (tertiary/aromatic N) is 1. The lowest BCUT2D eigenvalue weighted by atomic mass is 10.0. The zero-order valence-corrected chi connectivity index (χ0v) is 20.7. The van der Waals surface area contributed by atoms with E-state index in [-0.39, 0.29) is 25.0 Å². The Kier molecular flexibility index (Phi) is 15.5. The Morgan fingerprint density at radius 2 is 1.79 bits per heavy atom. The average molecular weight is 469 g/mol. The van der Waals surface area contributed by atoms with Gasteiger partial charge in [-0.15, -0.1) is 0 Å². The quantitative estimate of drug-likeness (QED) is 0.0873. The van der Waals surface area contributed by atoms with E-state index in [1.54, 1.807) is 20.0 Å². The zero-order valence-electron chi connectivity index (χ0n) is 20.7. The molecule has 0 aromatic carbocycles. The Morgan fingerprint density at radius 1 is 1.09 bits per heavy atom. The lowest BCUT2D eigenvalue weighted by molar-refractivity contribution is -0.915. The maximum absolute atomic E-state index is 12.2. The molecule has 0 heterocycles. The fraction of sp³-hybridized carbons (Fsp3) is 0.667. The number of unbranched alkanes of at least 4 members (excludes halogenated alkanes) is 2. The summed E-state index contributed by atoms with van der Waals surface area (Å²) in [5, 5.41) is 15.2. The molecule has 0 rings (SSSR count). The molecule has 1 unspecified atom stereocenters. The molecule has 0 saturated heterocycles. The molecule has 1 atom stereocenters. The van der Waals surface area contributed by atoms with Crippen LogP contribution in [0.5, 0.6) is 0 Å².